The number of allylic oxidation sites excluding steroid dienone is 2. The zero-order chi connectivity index (χ0) is 25.8. The number of rotatable bonds is 4. The smallest absolute Gasteiger partial charge is 0.413 e. The van der Waals surface area contributed by atoms with Crippen molar-refractivity contribution >= 4 is 12.0 Å². The van der Waals surface area contributed by atoms with E-state index in [1.165, 1.54) is 18.3 Å². The van der Waals surface area contributed by atoms with E-state index in [0.717, 1.165) is 30.6 Å². The molecular weight excluding hydrogens is 463 g/mol. The summed E-state index contributed by atoms with van der Waals surface area (Å²) < 4.78 is 42.6. The molecule has 1 aromatic rings. The summed E-state index contributed by atoms with van der Waals surface area (Å²) in [6.07, 6.45) is 2.52. The lowest BCUT2D eigenvalue weighted by Gasteiger charge is -2.41. The molecule has 2 unspecified atom stereocenters. The zero-order valence-corrected chi connectivity index (χ0v) is 20.5. The lowest BCUT2D eigenvalue weighted by molar-refractivity contribution is -0.101. The van der Waals surface area contributed by atoms with Crippen molar-refractivity contribution in [1.29, 1.82) is 0 Å². The van der Waals surface area contributed by atoms with Gasteiger partial charge in [0.05, 0.1) is 0 Å². The van der Waals surface area contributed by atoms with Crippen LogP contribution in [-0.2, 0) is 0 Å². The largest absolute Gasteiger partial charge is 0.476 e. The Bertz CT molecular complexity index is 966. The van der Waals surface area contributed by atoms with Crippen LogP contribution in [0.1, 0.15) is 50.5 Å². The molecule has 1 aromatic heterocycles. The fourth-order valence-corrected chi connectivity index (χ4v) is 4.88. The van der Waals surface area contributed by atoms with Crippen LogP contribution in [0.2, 0.25) is 0 Å². The molecule has 2 atom stereocenters. The van der Waals surface area contributed by atoms with Gasteiger partial charge in [0.1, 0.15) is 0 Å². The van der Waals surface area contributed by atoms with Gasteiger partial charge in [0, 0.05) is 68.7 Å². The van der Waals surface area contributed by atoms with Gasteiger partial charge in [-0.2, -0.15) is 23.0 Å². The lowest BCUT2D eigenvalue weighted by atomic mass is 9.88. The second-order valence-corrected chi connectivity index (χ2v) is 8.89. The standard InChI is InChI=1S/C22H28F3N5O3.C2H6/c1-15-13-27(10-11-29(15)21(33)30-9-6-19(26-30)20(31)32)14-16-4-5-17(28-7-2-3-8-28)12-18(16)22(23,24)25;1-2/h5-6,9,12,15-16H,2-4,7-8,10-11,13-14H2,1H3,(H,31,32);1-2H3. The number of piperazine rings is 1. The van der Waals surface area contributed by atoms with Gasteiger partial charge < -0.3 is 14.9 Å². The molecule has 0 saturated carbocycles. The Balaban J connectivity index is 0.00000167. The summed E-state index contributed by atoms with van der Waals surface area (Å²) in [7, 11) is 0. The van der Waals surface area contributed by atoms with Crippen molar-refractivity contribution in [3.05, 3.63) is 41.4 Å². The summed E-state index contributed by atoms with van der Waals surface area (Å²) in [6, 6.07) is 0.557. The molecule has 8 nitrogen and oxygen atoms in total. The molecule has 194 valence electrons. The second kappa shape index (κ2) is 11.3. The van der Waals surface area contributed by atoms with Gasteiger partial charge in [0.15, 0.2) is 5.69 Å². The van der Waals surface area contributed by atoms with Crippen LogP contribution >= 0.6 is 0 Å². The van der Waals surface area contributed by atoms with Crippen LogP contribution in [0.25, 0.3) is 0 Å². The molecule has 0 bridgehead atoms. The van der Waals surface area contributed by atoms with Crippen molar-refractivity contribution < 1.29 is 27.9 Å². The van der Waals surface area contributed by atoms with E-state index in [1.807, 2.05) is 36.6 Å². The third-order valence-electron chi connectivity index (χ3n) is 6.59. The van der Waals surface area contributed by atoms with Crippen LogP contribution in [-0.4, -0.2) is 93.1 Å². The quantitative estimate of drug-likeness (QED) is 0.676. The highest BCUT2D eigenvalue weighted by atomic mass is 19.4. The van der Waals surface area contributed by atoms with Gasteiger partial charge in [-0.3, -0.25) is 4.90 Å². The molecular formula is C24H34F3N5O3. The predicted molar refractivity (Wildman–Crippen MR) is 125 cm³/mol. The first-order chi connectivity index (χ1) is 16.6. The Kier molecular flexibility index (Phi) is 8.63. The third-order valence-corrected chi connectivity index (χ3v) is 6.59. The zero-order valence-electron chi connectivity index (χ0n) is 20.5. The fourth-order valence-electron chi connectivity index (χ4n) is 4.88. The predicted octanol–water partition coefficient (Wildman–Crippen LogP) is 4.07. The normalized spacial score (nSPS) is 23.4. The molecule has 0 radical (unpaired) electrons. The average Bonchev–Trinajstić information content (AvgIpc) is 3.52. The van der Waals surface area contributed by atoms with E-state index in [4.69, 9.17) is 5.11 Å². The lowest BCUT2D eigenvalue weighted by Crippen LogP contribution is -2.56. The molecule has 2 aliphatic heterocycles. The molecule has 4 rings (SSSR count). The minimum atomic E-state index is -4.38. The number of aromatic carboxylic acids is 1. The monoisotopic (exact) mass is 497 g/mol. The first-order valence-corrected chi connectivity index (χ1v) is 12.2. The highest BCUT2D eigenvalue weighted by Gasteiger charge is 2.41. The number of carbonyl (C=O) groups is 2. The maximum absolute atomic E-state index is 13.9. The van der Waals surface area contributed by atoms with E-state index in [2.05, 4.69) is 5.10 Å². The molecule has 0 spiro atoms. The van der Waals surface area contributed by atoms with Crippen molar-refractivity contribution in [1.82, 2.24) is 24.5 Å². The number of carboxylic acids is 1. The number of aromatic nitrogens is 2. The fraction of sp³-hybridized carbons (Fsp3) is 0.625. The molecule has 0 aromatic carbocycles. The van der Waals surface area contributed by atoms with Crippen molar-refractivity contribution in [2.75, 3.05) is 39.3 Å². The second-order valence-electron chi connectivity index (χ2n) is 8.89. The number of amides is 1. The molecule has 2 fully saturated rings. The van der Waals surface area contributed by atoms with Crippen LogP contribution in [0.15, 0.2) is 35.7 Å². The summed E-state index contributed by atoms with van der Waals surface area (Å²) in [6.45, 7) is 8.90. The molecule has 1 aliphatic carbocycles. The van der Waals surface area contributed by atoms with Crippen LogP contribution in [0.3, 0.4) is 0 Å². The molecule has 1 amide bonds. The Labute approximate surface area is 203 Å². The summed E-state index contributed by atoms with van der Waals surface area (Å²) in [4.78, 5) is 29.3. The maximum Gasteiger partial charge on any atom is 0.413 e. The Morgan fingerprint density at radius 1 is 1.14 bits per heavy atom. The highest BCUT2D eigenvalue weighted by molar-refractivity contribution is 5.86. The van der Waals surface area contributed by atoms with E-state index < -0.39 is 29.7 Å². The van der Waals surface area contributed by atoms with Crippen LogP contribution in [0, 0.1) is 5.92 Å². The van der Waals surface area contributed by atoms with E-state index >= 15 is 0 Å². The topological polar surface area (TPSA) is 81.9 Å². The molecule has 2 saturated heterocycles. The Hall–Kier alpha value is -2.82. The van der Waals surface area contributed by atoms with Gasteiger partial charge >= 0.3 is 18.2 Å². The van der Waals surface area contributed by atoms with Gasteiger partial charge in [-0.25, -0.2) is 9.59 Å². The van der Waals surface area contributed by atoms with Gasteiger partial charge in [-0.1, -0.05) is 19.9 Å². The number of hydrogen-bond donors (Lipinski definition) is 1. The number of hydrogen-bond acceptors (Lipinski definition) is 5. The van der Waals surface area contributed by atoms with Crippen molar-refractivity contribution in [3.8, 4) is 0 Å². The number of carboxylic acid groups (broad SMARTS) is 1. The van der Waals surface area contributed by atoms with Crippen LogP contribution in [0.4, 0.5) is 18.0 Å². The summed E-state index contributed by atoms with van der Waals surface area (Å²) >= 11 is 0. The molecule has 3 heterocycles. The summed E-state index contributed by atoms with van der Waals surface area (Å²) in [5, 5.41) is 12.8. The maximum atomic E-state index is 13.9. The van der Waals surface area contributed by atoms with Crippen LogP contribution in [0.5, 0.6) is 0 Å². The Morgan fingerprint density at radius 2 is 1.83 bits per heavy atom. The van der Waals surface area contributed by atoms with Crippen molar-refractivity contribution in [3.63, 3.8) is 0 Å². The first kappa shape index (κ1) is 26.8. The number of carbonyl (C=O) groups excluding carboxylic acids is 1. The highest BCUT2D eigenvalue weighted by Crippen LogP contribution is 2.38. The van der Waals surface area contributed by atoms with Crippen molar-refractivity contribution in [2.45, 2.75) is 52.3 Å². The molecule has 35 heavy (non-hydrogen) atoms. The number of likely N-dealkylation sites (tertiary alicyclic amines) is 1. The average molecular weight is 498 g/mol. The van der Waals surface area contributed by atoms with E-state index in [9.17, 15) is 22.8 Å². The van der Waals surface area contributed by atoms with E-state index in [-0.39, 0.29) is 18.3 Å². The van der Waals surface area contributed by atoms with Gasteiger partial charge in [0.2, 0.25) is 0 Å². The Morgan fingerprint density at radius 3 is 2.40 bits per heavy atom. The summed E-state index contributed by atoms with van der Waals surface area (Å²) in [5.41, 5.74) is -0.0182. The number of nitrogens with zero attached hydrogens (tertiary/aromatic N) is 5. The molecule has 3 aliphatic rings. The van der Waals surface area contributed by atoms with E-state index in [0.29, 0.717) is 31.8 Å². The first-order valence-electron chi connectivity index (χ1n) is 12.2. The number of halogens is 3. The SMILES string of the molecule is CC.CC1CN(CC2CC=C(N3CCCC3)C=C2C(F)(F)F)CCN1C(=O)n1ccc(C(=O)O)n1. The van der Waals surface area contributed by atoms with Crippen LogP contribution < -0.4 is 0 Å². The van der Waals surface area contributed by atoms with Gasteiger partial charge in [0.25, 0.3) is 0 Å². The van der Waals surface area contributed by atoms with Gasteiger partial charge in [-0.05, 0) is 38.3 Å². The minimum Gasteiger partial charge on any atom is -0.476 e. The minimum absolute atomic E-state index is 0.222. The number of alkyl halides is 3. The summed E-state index contributed by atoms with van der Waals surface area (Å²) in [5.74, 6) is -1.86. The van der Waals surface area contributed by atoms with E-state index in [1.54, 1.807) is 4.90 Å². The third kappa shape index (κ3) is 6.25. The van der Waals surface area contributed by atoms with Crippen molar-refractivity contribution in [2.24, 2.45) is 5.92 Å². The molecule has 1 N–H and O–H groups in total. The molecule has 11 heteroatoms. The van der Waals surface area contributed by atoms with Gasteiger partial charge in [-0.15, -0.1) is 0 Å².